The van der Waals surface area contributed by atoms with E-state index in [4.69, 9.17) is 23.2 Å². The molecule has 0 heterocycles. The summed E-state index contributed by atoms with van der Waals surface area (Å²) in [7, 11) is 0.982. The number of alkyl halides is 4. The molecular weight excluding hydrogens is 309 g/mol. The average Bonchev–Trinajstić information content (AvgIpc) is 2.33. The van der Waals surface area contributed by atoms with Crippen molar-refractivity contribution in [3.05, 3.63) is 33.8 Å². The summed E-state index contributed by atoms with van der Waals surface area (Å²) in [4.78, 5) is 11.7. The summed E-state index contributed by atoms with van der Waals surface area (Å²) in [5, 5.41) is 0.268. The number of hydrogen-bond acceptors (Lipinski definition) is 1. The monoisotopic (exact) mass is 317 g/mol. The van der Waals surface area contributed by atoms with Gasteiger partial charge in [0.15, 0.2) is 0 Å². The van der Waals surface area contributed by atoms with Gasteiger partial charge in [-0.1, -0.05) is 35.3 Å². The molecule has 0 aliphatic carbocycles. The Bertz CT molecular complexity index is 482. The van der Waals surface area contributed by atoms with E-state index in [1.165, 1.54) is 18.2 Å². The van der Waals surface area contributed by atoms with Crippen molar-refractivity contribution < 1.29 is 22.4 Å². The van der Waals surface area contributed by atoms with E-state index in [1.807, 2.05) is 0 Å². The van der Waals surface area contributed by atoms with Gasteiger partial charge in [-0.25, -0.2) is 8.78 Å². The molecule has 0 radical (unpaired) electrons. The topological polar surface area (TPSA) is 20.3 Å². The number of carbonyl (C=O) groups excluding carboxylic acids is 1. The van der Waals surface area contributed by atoms with Crippen LogP contribution < -0.4 is 0 Å². The second-order valence-corrected chi connectivity index (χ2v) is 4.58. The molecule has 0 aliphatic heterocycles. The second kappa shape index (κ2) is 5.96. The third kappa shape index (κ3) is 3.51. The standard InChI is InChI=1S/C11H9Cl2F4NO/c1-18(10(19)11(16,17)9(14)15)5-6-3-2-4-7(12)8(6)13/h2-4,9H,5H2,1H3. The molecule has 106 valence electrons. The van der Waals surface area contributed by atoms with Gasteiger partial charge in [0.05, 0.1) is 10.0 Å². The smallest absolute Gasteiger partial charge is 0.336 e. The maximum absolute atomic E-state index is 12.9. The minimum atomic E-state index is -4.72. The highest BCUT2D eigenvalue weighted by Gasteiger charge is 2.50. The van der Waals surface area contributed by atoms with Gasteiger partial charge < -0.3 is 4.90 Å². The highest BCUT2D eigenvalue weighted by atomic mass is 35.5. The molecule has 0 aliphatic rings. The van der Waals surface area contributed by atoms with Gasteiger partial charge in [-0.3, -0.25) is 4.79 Å². The lowest BCUT2D eigenvalue weighted by atomic mass is 10.2. The van der Waals surface area contributed by atoms with E-state index in [0.717, 1.165) is 7.05 Å². The molecule has 0 unspecified atom stereocenters. The summed E-state index contributed by atoms with van der Waals surface area (Å²) >= 11 is 11.5. The van der Waals surface area contributed by atoms with Gasteiger partial charge in [0.25, 0.3) is 5.91 Å². The SMILES string of the molecule is CN(Cc1cccc(Cl)c1Cl)C(=O)C(F)(F)C(F)F. The van der Waals surface area contributed by atoms with Crippen LogP contribution in [0.2, 0.25) is 10.0 Å². The highest BCUT2D eigenvalue weighted by molar-refractivity contribution is 6.42. The molecule has 0 aromatic heterocycles. The first-order valence-corrected chi connectivity index (χ1v) is 5.78. The summed E-state index contributed by atoms with van der Waals surface area (Å²) in [6.07, 6.45) is -4.06. The van der Waals surface area contributed by atoms with Gasteiger partial charge in [-0.05, 0) is 11.6 Å². The van der Waals surface area contributed by atoms with Crippen molar-refractivity contribution in [3.8, 4) is 0 Å². The van der Waals surface area contributed by atoms with Gasteiger partial charge in [0.1, 0.15) is 0 Å². The average molecular weight is 318 g/mol. The molecule has 0 saturated carbocycles. The van der Waals surface area contributed by atoms with Crippen molar-refractivity contribution >= 4 is 29.1 Å². The molecule has 0 saturated heterocycles. The fraction of sp³-hybridized carbons (Fsp3) is 0.364. The van der Waals surface area contributed by atoms with E-state index in [1.54, 1.807) is 0 Å². The van der Waals surface area contributed by atoms with Gasteiger partial charge in [0.2, 0.25) is 0 Å². The van der Waals surface area contributed by atoms with Gasteiger partial charge in [-0.15, -0.1) is 0 Å². The number of nitrogens with zero attached hydrogens (tertiary/aromatic N) is 1. The maximum atomic E-state index is 12.9. The van der Waals surface area contributed by atoms with Crippen LogP contribution in [0.15, 0.2) is 18.2 Å². The predicted octanol–water partition coefficient (Wildman–Crippen LogP) is 3.85. The molecule has 8 heteroatoms. The van der Waals surface area contributed by atoms with Gasteiger partial charge in [-0.2, -0.15) is 8.78 Å². The Morgan fingerprint density at radius 3 is 2.47 bits per heavy atom. The third-order valence-corrected chi connectivity index (χ3v) is 3.20. The molecule has 0 spiro atoms. The van der Waals surface area contributed by atoms with Crippen LogP contribution >= 0.6 is 23.2 Å². The maximum Gasteiger partial charge on any atom is 0.383 e. The van der Waals surface area contributed by atoms with Crippen LogP contribution in [0.25, 0.3) is 0 Å². The van der Waals surface area contributed by atoms with Crippen molar-refractivity contribution in [2.24, 2.45) is 0 Å². The summed E-state index contributed by atoms with van der Waals surface area (Å²) in [6.45, 7) is -0.347. The first-order chi connectivity index (χ1) is 8.67. The lowest BCUT2D eigenvalue weighted by Crippen LogP contribution is -2.45. The molecule has 0 atom stereocenters. The Morgan fingerprint density at radius 1 is 1.37 bits per heavy atom. The molecule has 1 aromatic carbocycles. The number of hydrogen-bond donors (Lipinski definition) is 0. The molecule has 0 fully saturated rings. The molecule has 0 bridgehead atoms. The number of benzene rings is 1. The first kappa shape index (κ1) is 16.0. The van der Waals surface area contributed by atoms with Crippen LogP contribution in [-0.2, 0) is 11.3 Å². The quantitative estimate of drug-likeness (QED) is 0.772. The molecule has 2 nitrogen and oxygen atoms in total. The number of amides is 1. The zero-order valence-corrected chi connectivity index (χ0v) is 11.2. The summed E-state index contributed by atoms with van der Waals surface area (Å²) in [6, 6.07) is 4.44. The van der Waals surface area contributed by atoms with E-state index in [-0.39, 0.29) is 22.2 Å². The molecule has 1 amide bonds. The van der Waals surface area contributed by atoms with E-state index in [2.05, 4.69) is 0 Å². The van der Waals surface area contributed by atoms with E-state index in [9.17, 15) is 22.4 Å². The zero-order chi connectivity index (χ0) is 14.8. The lowest BCUT2D eigenvalue weighted by molar-refractivity contribution is -0.179. The normalized spacial score (nSPS) is 11.8. The van der Waals surface area contributed by atoms with Crippen LogP contribution in [0.3, 0.4) is 0 Å². The lowest BCUT2D eigenvalue weighted by Gasteiger charge is -2.23. The first-order valence-electron chi connectivity index (χ1n) is 5.02. The van der Waals surface area contributed by atoms with Crippen LogP contribution in [0.4, 0.5) is 17.6 Å². The van der Waals surface area contributed by atoms with Gasteiger partial charge >= 0.3 is 12.3 Å². The van der Waals surface area contributed by atoms with Crippen LogP contribution in [0.5, 0.6) is 0 Å². The van der Waals surface area contributed by atoms with E-state index >= 15 is 0 Å². The third-order valence-electron chi connectivity index (χ3n) is 2.34. The van der Waals surface area contributed by atoms with Crippen LogP contribution in [0.1, 0.15) is 5.56 Å². The molecule has 0 N–H and O–H groups in total. The van der Waals surface area contributed by atoms with E-state index < -0.39 is 18.3 Å². The Morgan fingerprint density at radius 2 is 1.95 bits per heavy atom. The van der Waals surface area contributed by atoms with E-state index in [0.29, 0.717) is 4.90 Å². The van der Waals surface area contributed by atoms with Crippen LogP contribution in [0, 0.1) is 0 Å². The molecular formula is C11H9Cl2F4NO. The minimum Gasteiger partial charge on any atom is -0.336 e. The largest absolute Gasteiger partial charge is 0.383 e. The minimum absolute atomic E-state index is 0.0872. The number of halogens is 6. The Kier molecular flexibility index (Phi) is 5.04. The second-order valence-electron chi connectivity index (χ2n) is 3.80. The van der Waals surface area contributed by atoms with Crippen molar-refractivity contribution in [1.82, 2.24) is 4.90 Å². The van der Waals surface area contributed by atoms with Gasteiger partial charge in [0, 0.05) is 13.6 Å². The summed E-state index contributed by atoms with van der Waals surface area (Å²) < 4.78 is 49.9. The molecule has 19 heavy (non-hydrogen) atoms. The van der Waals surface area contributed by atoms with Crippen molar-refractivity contribution in [2.45, 2.75) is 18.9 Å². The Hall–Kier alpha value is -1.01. The molecule has 1 rings (SSSR count). The fourth-order valence-electron chi connectivity index (χ4n) is 1.35. The Balaban J connectivity index is 2.89. The molecule has 1 aromatic rings. The van der Waals surface area contributed by atoms with Crippen molar-refractivity contribution in [3.63, 3.8) is 0 Å². The predicted molar refractivity (Wildman–Crippen MR) is 63.9 cm³/mol. The summed E-state index contributed by atoms with van der Waals surface area (Å²) in [5.41, 5.74) is 0.287. The highest BCUT2D eigenvalue weighted by Crippen LogP contribution is 2.29. The Labute approximate surface area is 116 Å². The van der Waals surface area contributed by atoms with Crippen LogP contribution in [-0.4, -0.2) is 30.2 Å². The fourth-order valence-corrected chi connectivity index (χ4v) is 1.73. The zero-order valence-electron chi connectivity index (χ0n) is 9.64. The number of rotatable bonds is 4. The van der Waals surface area contributed by atoms with Crippen molar-refractivity contribution in [2.75, 3.05) is 7.05 Å². The van der Waals surface area contributed by atoms with Crippen molar-refractivity contribution in [1.29, 1.82) is 0 Å². The number of carbonyl (C=O) groups is 1. The summed E-state index contributed by atoms with van der Waals surface area (Å²) in [5.74, 6) is -6.70.